The highest BCUT2D eigenvalue weighted by Gasteiger charge is 2.20. The number of hydrogen-bond donors (Lipinski definition) is 1. The number of rotatable bonds is 5. The van der Waals surface area contributed by atoms with E-state index in [1.54, 1.807) is 6.92 Å². The van der Waals surface area contributed by atoms with E-state index in [2.05, 4.69) is 9.71 Å². The zero-order chi connectivity index (χ0) is 13.1. The first kappa shape index (κ1) is 14.6. The zero-order valence-corrected chi connectivity index (χ0v) is 11.8. The monoisotopic (exact) mass is 296 g/mol. The van der Waals surface area contributed by atoms with Gasteiger partial charge in [-0.25, -0.2) is 13.1 Å². The average molecular weight is 297 g/mol. The van der Waals surface area contributed by atoms with Crippen molar-refractivity contribution >= 4 is 32.4 Å². The Balaban J connectivity index is 2.90. The van der Waals surface area contributed by atoms with Crippen LogP contribution in [0.4, 0.5) is 0 Å². The van der Waals surface area contributed by atoms with Gasteiger partial charge in [-0.1, -0.05) is 11.6 Å². The lowest BCUT2D eigenvalue weighted by molar-refractivity contribution is 0.569. The number of pyridine rings is 1. The van der Waals surface area contributed by atoms with Crippen LogP contribution in [-0.4, -0.2) is 35.7 Å². The number of nitrogens with one attached hydrogen (secondary N) is 1. The van der Waals surface area contributed by atoms with Gasteiger partial charge in [0.1, 0.15) is 4.90 Å². The summed E-state index contributed by atoms with van der Waals surface area (Å²) in [5, 5.41) is 0.109. The van der Waals surface area contributed by atoms with E-state index >= 15 is 0 Å². The molecular formula is C9H13ClN2O3S2. The number of hydrogen-bond acceptors (Lipinski definition) is 4. The van der Waals surface area contributed by atoms with Crippen molar-refractivity contribution in [3.8, 4) is 0 Å². The second-order valence-corrected chi connectivity index (χ2v) is 7.14. The van der Waals surface area contributed by atoms with Crippen LogP contribution in [0.1, 0.15) is 6.92 Å². The minimum atomic E-state index is -3.71. The molecule has 96 valence electrons. The Kier molecular flexibility index (Phi) is 5.05. The minimum absolute atomic E-state index is 0.0737. The van der Waals surface area contributed by atoms with Crippen molar-refractivity contribution in [1.82, 2.24) is 9.71 Å². The van der Waals surface area contributed by atoms with Crippen molar-refractivity contribution in [2.45, 2.75) is 17.9 Å². The van der Waals surface area contributed by atoms with Crippen LogP contribution in [0.15, 0.2) is 23.4 Å². The summed E-state index contributed by atoms with van der Waals surface area (Å²) in [6.45, 7) is 1.64. The Morgan fingerprint density at radius 3 is 2.76 bits per heavy atom. The van der Waals surface area contributed by atoms with Gasteiger partial charge in [0.25, 0.3) is 0 Å². The highest BCUT2D eigenvalue weighted by atomic mass is 35.5. The Labute approximate surface area is 108 Å². The van der Waals surface area contributed by atoms with Crippen LogP contribution in [0.3, 0.4) is 0 Å². The third-order valence-corrected chi connectivity index (χ3v) is 4.89. The molecule has 1 aromatic heterocycles. The first-order valence-corrected chi connectivity index (χ1v) is 8.33. The second-order valence-electron chi connectivity index (χ2n) is 3.57. The molecule has 0 saturated carbocycles. The van der Waals surface area contributed by atoms with Gasteiger partial charge in [-0.3, -0.25) is 9.19 Å². The fourth-order valence-electron chi connectivity index (χ4n) is 1.28. The molecule has 0 aliphatic carbocycles. The summed E-state index contributed by atoms with van der Waals surface area (Å²) in [4.78, 5) is 3.64. The van der Waals surface area contributed by atoms with Crippen molar-refractivity contribution in [3.05, 3.63) is 23.5 Å². The van der Waals surface area contributed by atoms with Gasteiger partial charge in [0.05, 0.1) is 5.02 Å². The fourth-order valence-corrected chi connectivity index (χ4v) is 3.84. The summed E-state index contributed by atoms with van der Waals surface area (Å²) in [5.74, 6) is 0.247. The lowest BCUT2D eigenvalue weighted by Crippen LogP contribution is -2.36. The molecule has 0 radical (unpaired) electrons. The molecule has 0 bridgehead atoms. The lowest BCUT2D eigenvalue weighted by atomic mass is 10.4. The normalized spacial score (nSPS) is 15.5. The van der Waals surface area contributed by atoms with E-state index in [1.807, 2.05) is 0 Å². The topological polar surface area (TPSA) is 76.1 Å². The van der Waals surface area contributed by atoms with E-state index in [0.29, 0.717) is 0 Å². The second kappa shape index (κ2) is 5.90. The number of sulfonamides is 1. The van der Waals surface area contributed by atoms with Crippen LogP contribution < -0.4 is 4.72 Å². The molecule has 1 N–H and O–H groups in total. The molecule has 17 heavy (non-hydrogen) atoms. The third-order valence-electron chi connectivity index (χ3n) is 1.86. The number of aromatic nitrogens is 1. The minimum Gasteiger partial charge on any atom is -0.263 e. The molecule has 5 nitrogen and oxygen atoms in total. The molecule has 0 amide bonds. The van der Waals surface area contributed by atoms with Crippen molar-refractivity contribution < 1.29 is 12.6 Å². The molecule has 0 fully saturated rings. The van der Waals surface area contributed by atoms with E-state index in [9.17, 15) is 12.6 Å². The van der Waals surface area contributed by atoms with Gasteiger partial charge in [-0.15, -0.1) is 0 Å². The summed E-state index contributed by atoms with van der Waals surface area (Å²) in [7, 11) is -4.78. The highest BCUT2D eigenvalue weighted by Crippen LogP contribution is 2.19. The highest BCUT2D eigenvalue weighted by molar-refractivity contribution is 7.89. The van der Waals surface area contributed by atoms with Crippen LogP contribution >= 0.6 is 11.6 Å². The van der Waals surface area contributed by atoms with E-state index in [-0.39, 0.29) is 15.7 Å². The van der Waals surface area contributed by atoms with Gasteiger partial charge >= 0.3 is 0 Å². The molecule has 1 aromatic rings. The fraction of sp³-hybridized carbons (Fsp3) is 0.444. The average Bonchev–Trinajstić information content (AvgIpc) is 2.15. The standard InChI is InChI=1S/C9H13ClN2O3S2/c1-7(6-16(2)13)12-17(14,15)9-5-11-4-3-8(9)10/h3-5,7,12H,6H2,1-2H3. The Morgan fingerprint density at radius 2 is 2.24 bits per heavy atom. The van der Waals surface area contributed by atoms with Crippen LogP contribution in [0.5, 0.6) is 0 Å². The molecule has 0 aliphatic heterocycles. The Hall–Kier alpha value is -0.500. The first-order chi connectivity index (χ1) is 7.83. The molecule has 0 spiro atoms. The third kappa shape index (κ3) is 4.34. The molecule has 1 heterocycles. The van der Waals surface area contributed by atoms with Crippen LogP contribution in [0.25, 0.3) is 0 Å². The summed E-state index contributed by atoms with van der Waals surface area (Å²) in [5.41, 5.74) is 0. The molecule has 2 atom stereocenters. The molecule has 0 saturated heterocycles. The van der Waals surface area contributed by atoms with Crippen LogP contribution in [0, 0.1) is 0 Å². The summed E-state index contributed by atoms with van der Waals surface area (Å²) < 4.78 is 37.2. The van der Waals surface area contributed by atoms with Gasteiger partial charge in [0.15, 0.2) is 0 Å². The van der Waals surface area contributed by atoms with E-state index in [1.165, 1.54) is 24.7 Å². The Morgan fingerprint density at radius 1 is 1.59 bits per heavy atom. The SMILES string of the molecule is CC(CS(C)=O)NS(=O)(=O)c1cnccc1Cl. The van der Waals surface area contributed by atoms with Crippen LogP contribution in [-0.2, 0) is 20.8 Å². The van der Waals surface area contributed by atoms with E-state index in [0.717, 1.165) is 0 Å². The zero-order valence-electron chi connectivity index (χ0n) is 9.38. The summed E-state index contributed by atoms with van der Waals surface area (Å²) in [6.07, 6.45) is 4.11. The maximum absolute atomic E-state index is 11.9. The maximum atomic E-state index is 11.9. The van der Waals surface area contributed by atoms with Crippen LogP contribution in [0.2, 0.25) is 5.02 Å². The van der Waals surface area contributed by atoms with Gasteiger partial charge in [0, 0.05) is 41.2 Å². The van der Waals surface area contributed by atoms with E-state index < -0.39 is 26.9 Å². The number of nitrogens with zero attached hydrogens (tertiary/aromatic N) is 1. The number of halogens is 1. The predicted octanol–water partition coefficient (Wildman–Crippen LogP) is 0.780. The molecule has 0 aromatic carbocycles. The molecule has 2 unspecified atom stereocenters. The van der Waals surface area contributed by atoms with Crippen molar-refractivity contribution in [3.63, 3.8) is 0 Å². The van der Waals surface area contributed by atoms with Gasteiger partial charge in [-0.2, -0.15) is 0 Å². The van der Waals surface area contributed by atoms with Crippen molar-refractivity contribution in [2.24, 2.45) is 0 Å². The lowest BCUT2D eigenvalue weighted by Gasteiger charge is -2.13. The smallest absolute Gasteiger partial charge is 0.243 e. The van der Waals surface area contributed by atoms with E-state index in [4.69, 9.17) is 11.6 Å². The van der Waals surface area contributed by atoms with Crippen molar-refractivity contribution in [2.75, 3.05) is 12.0 Å². The van der Waals surface area contributed by atoms with Crippen molar-refractivity contribution in [1.29, 1.82) is 0 Å². The molecular weight excluding hydrogens is 284 g/mol. The quantitative estimate of drug-likeness (QED) is 0.871. The molecule has 1 rings (SSSR count). The maximum Gasteiger partial charge on any atom is 0.243 e. The predicted molar refractivity (Wildman–Crippen MR) is 68.0 cm³/mol. The molecule has 0 aliphatic rings. The van der Waals surface area contributed by atoms with Gasteiger partial charge in [-0.05, 0) is 13.0 Å². The molecule has 8 heteroatoms. The summed E-state index contributed by atoms with van der Waals surface area (Å²) >= 11 is 5.78. The van der Waals surface area contributed by atoms with Gasteiger partial charge in [0.2, 0.25) is 10.0 Å². The largest absolute Gasteiger partial charge is 0.263 e. The Bertz CT molecular complexity index is 519. The summed E-state index contributed by atoms with van der Waals surface area (Å²) in [6, 6.07) is 0.973. The first-order valence-electron chi connectivity index (χ1n) is 4.75. The van der Waals surface area contributed by atoms with Gasteiger partial charge < -0.3 is 0 Å².